The summed E-state index contributed by atoms with van der Waals surface area (Å²) >= 11 is 0. The van der Waals surface area contributed by atoms with E-state index >= 15 is 0 Å². The molecular weight excluding hydrogens is 516 g/mol. The van der Waals surface area contributed by atoms with Crippen LogP contribution in [0.5, 0.6) is 5.75 Å². The molecule has 5 heterocycles. The molecule has 216 valence electrons. The topological polar surface area (TPSA) is 153 Å². The van der Waals surface area contributed by atoms with Gasteiger partial charge in [-0.15, -0.1) is 0 Å². The number of aromatic amines is 1. The number of para-hydroxylation sites is 1. The van der Waals surface area contributed by atoms with Gasteiger partial charge in [0, 0.05) is 72.6 Å². The van der Waals surface area contributed by atoms with Gasteiger partial charge in [0.2, 0.25) is 5.95 Å². The number of H-pyrrole nitrogens is 1. The Morgan fingerprint density at radius 2 is 1.83 bits per heavy atom. The van der Waals surface area contributed by atoms with Gasteiger partial charge < -0.3 is 41.8 Å². The maximum Gasteiger partial charge on any atom is 0.225 e. The Morgan fingerprint density at radius 1 is 1.10 bits per heavy atom. The van der Waals surface area contributed by atoms with Crippen LogP contribution in [-0.2, 0) is 6.42 Å². The van der Waals surface area contributed by atoms with E-state index in [1.165, 1.54) is 31.5 Å². The van der Waals surface area contributed by atoms with Crippen molar-refractivity contribution >= 4 is 23.5 Å². The summed E-state index contributed by atoms with van der Waals surface area (Å²) < 4.78 is 0. The van der Waals surface area contributed by atoms with E-state index in [-0.39, 0.29) is 18.4 Å². The Kier molecular flexibility index (Phi) is 6.64. The van der Waals surface area contributed by atoms with Crippen LogP contribution in [0.15, 0.2) is 36.7 Å². The molecule has 4 aliphatic rings. The van der Waals surface area contributed by atoms with Crippen LogP contribution < -0.4 is 21.7 Å². The van der Waals surface area contributed by atoms with Crippen molar-refractivity contribution in [3.63, 3.8) is 0 Å². The SMILES string of the molecule is N/C(=C\c1c(N)[nH]c2c1C(CO)N(c1ncc(C3CCN(C4CC5(CNC5)C4)CC3)cn1)CC2)c1ccccc1O. The number of phenols is 1. The zero-order valence-electron chi connectivity index (χ0n) is 23.4. The maximum absolute atomic E-state index is 10.6. The number of nitrogen functional groups attached to an aromatic ring is 1. The van der Waals surface area contributed by atoms with Crippen molar-refractivity contribution in [2.24, 2.45) is 11.1 Å². The number of aliphatic hydroxyl groups excluding tert-OH is 1. The number of benzene rings is 1. The van der Waals surface area contributed by atoms with Crippen molar-refractivity contribution in [2.75, 3.05) is 50.0 Å². The van der Waals surface area contributed by atoms with Gasteiger partial charge in [-0.3, -0.25) is 0 Å². The molecule has 1 spiro atoms. The molecule has 3 fully saturated rings. The quantitative estimate of drug-likeness (QED) is 0.269. The van der Waals surface area contributed by atoms with Crippen molar-refractivity contribution in [3.8, 4) is 5.75 Å². The molecule has 0 amide bonds. The highest BCUT2D eigenvalue weighted by atomic mass is 16.3. The third-order valence-corrected chi connectivity index (χ3v) is 9.96. The van der Waals surface area contributed by atoms with Crippen LogP contribution in [0.25, 0.3) is 11.8 Å². The van der Waals surface area contributed by atoms with Gasteiger partial charge in [0.25, 0.3) is 0 Å². The molecule has 0 bridgehead atoms. The molecule has 1 unspecified atom stereocenters. The fourth-order valence-corrected chi connectivity index (χ4v) is 7.52. The number of hydrogen-bond donors (Lipinski definition) is 6. The molecule has 1 aromatic carbocycles. The van der Waals surface area contributed by atoms with Crippen LogP contribution >= 0.6 is 0 Å². The molecular formula is C31H40N8O2. The monoisotopic (exact) mass is 556 g/mol. The number of nitrogens with zero attached hydrogens (tertiary/aromatic N) is 4. The number of likely N-dealkylation sites (tertiary alicyclic amines) is 1. The Labute approximate surface area is 240 Å². The summed E-state index contributed by atoms with van der Waals surface area (Å²) in [6, 6.07) is 7.34. The van der Waals surface area contributed by atoms with Crippen LogP contribution in [0.3, 0.4) is 0 Å². The largest absolute Gasteiger partial charge is 0.507 e. The number of rotatable bonds is 6. The van der Waals surface area contributed by atoms with Gasteiger partial charge in [-0.05, 0) is 73.9 Å². The zero-order valence-corrected chi connectivity index (χ0v) is 23.4. The van der Waals surface area contributed by atoms with Crippen molar-refractivity contribution in [2.45, 2.75) is 50.1 Å². The average molecular weight is 557 g/mol. The molecule has 10 nitrogen and oxygen atoms in total. The van der Waals surface area contributed by atoms with Gasteiger partial charge in [0.1, 0.15) is 11.6 Å². The van der Waals surface area contributed by atoms with E-state index in [1.54, 1.807) is 24.3 Å². The second-order valence-electron chi connectivity index (χ2n) is 12.4. The van der Waals surface area contributed by atoms with Crippen LogP contribution in [0.4, 0.5) is 11.8 Å². The van der Waals surface area contributed by atoms with Gasteiger partial charge in [0.05, 0.1) is 12.6 Å². The summed E-state index contributed by atoms with van der Waals surface area (Å²) in [4.78, 5) is 17.6. The van der Waals surface area contributed by atoms with Gasteiger partial charge in [-0.1, -0.05) is 12.1 Å². The minimum absolute atomic E-state index is 0.103. The van der Waals surface area contributed by atoms with Crippen molar-refractivity contribution in [1.29, 1.82) is 0 Å². The lowest BCUT2D eigenvalue weighted by molar-refractivity contribution is -0.0432. The number of fused-ring (bicyclic) bond motifs is 1. The highest BCUT2D eigenvalue weighted by Gasteiger charge is 2.50. The number of hydrogen-bond acceptors (Lipinski definition) is 9. The Morgan fingerprint density at radius 3 is 2.49 bits per heavy atom. The predicted octanol–water partition coefficient (Wildman–Crippen LogP) is 2.58. The van der Waals surface area contributed by atoms with E-state index in [4.69, 9.17) is 21.4 Å². The molecule has 1 aliphatic carbocycles. The normalized spacial score (nSPS) is 23.3. The van der Waals surface area contributed by atoms with Crippen LogP contribution in [0.1, 0.15) is 65.6 Å². The molecule has 7 rings (SSSR count). The van der Waals surface area contributed by atoms with Crippen molar-refractivity contribution in [1.82, 2.24) is 25.2 Å². The number of nitrogens with one attached hydrogen (secondary N) is 2. The summed E-state index contributed by atoms with van der Waals surface area (Å²) in [6.07, 6.45) is 11.5. The molecule has 3 aromatic rings. The lowest BCUT2D eigenvalue weighted by Gasteiger charge is -2.58. The first kappa shape index (κ1) is 26.3. The van der Waals surface area contributed by atoms with E-state index in [0.717, 1.165) is 48.8 Å². The first-order valence-electron chi connectivity index (χ1n) is 14.8. The van der Waals surface area contributed by atoms with Crippen LogP contribution in [0, 0.1) is 5.41 Å². The maximum atomic E-state index is 10.6. The molecule has 8 N–H and O–H groups in total. The molecule has 1 saturated carbocycles. The Balaban J connectivity index is 1.06. The minimum Gasteiger partial charge on any atom is -0.507 e. The highest BCUT2D eigenvalue weighted by molar-refractivity contribution is 5.86. The first-order valence-corrected chi connectivity index (χ1v) is 14.8. The second kappa shape index (κ2) is 10.3. The van der Waals surface area contributed by atoms with Crippen molar-refractivity contribution < 1.29 is 10.2 Å². The number of piperidine rings is 1. The molecule has 41 heavy (non-hydrogen) atoms. The van der Waals surface area contributed by atoms with Gasteiger partial charge >= 0.3 is 0 Å². The van der Waals surface area contributed by atoms with Crippen LogP contribution in [0.2, 0.25) is 0 Å². The zero-order chi connectivity index (χ0) is 28.1. The third-order valence-electron chi connectivity index (χ3n) is 9.96. The molecule has 2 aromatic heterocycles. The number of nitrogens with two attached hydrogens (primary N) is 2. The number of anilines is 2. The van der Waals surface area contributed by atoms with Gasteiger partial charge in [-0.2, -0.15) is 0 Å². The van der Waals surface area contributed by atoms with E-state index in [9.17, 15) is 10.2 Å². The molecule has 3 aliphatic heterocycles. The molecule has 2 saturated heterocycles. The average Bonchev–Trinajstić information content (AvgIpc) is 3.26. The highest BCUT2D eigenvalue weighted by Crippen LogP contribution is 2.47. The molecule has 10 heteroatoms. The lowest BCUT2D eigenvalue weighted by Crippen LogP contribution is -2.65. The smallest absolute Gasteiger partial charge is 0.225 e. The number of aliphatic hydroxyl groups is 1. The van der Waals surface area contributed by atoms with E-state index < -0.39 is 0 Å². The fraction of sp³-hybridized carbons (Fsp3) is 0.484. The van der Waals surface area contributed by atoms with Crippen molar-refractivity contribution in [3.05, 3.63) is 64.6 Å². The van der Waals surface area contributed by atoms with Gasteiger partial charge in [0.15, 0.2) is 0 Å². The van der Waals surface area contributed by atoms with E-state index in [0.29, 0.717) is 47.3 Å². The first-order chi connectivity index (χ1) is 19.9. The standard InChI is InChI=1S/C31H40N8O2/c32-24(22-3-1-2-4-27(22)41)11-23-28-25(37-29(23)33)7-10-39(26(28)16-40)30-35-14-20(15-36-30)19-5-8-38(9-6-19)21-12-31(13-21)17-34-18-31/h1-4,11,14-15,19,21,26,34,37,40-41H,5-10,12-13,16-18,32-33H2/b24-11-. The number of phenolic OH excluding ortho intramolecular Hbond substituents is 1. The Bertz CT molecular complexity index is 1430. The summed E-state index contributed by atoms with van der Waals surface area (Å²) in [5.74, 6) is 1.68. The fourth-order valence-electron chi connectivity index (χ4n) is 7.52. The lowest BCUT2D eigenvalue weighted by atomic mass is 9.61. The molecule has 1 atom stereocenters. The van der Waals surface area contributed by atoms with E-state index in [2.05, 4.69) is 20.1 Å². The Hall–Kier alpha value is -3.60. The van der Waals surface area contributed by atoms with E-state index in [1.807, 2.05) is 18.5 Å². The predicted molar refractivity (Wildman–Crippen MR) is 160 cm³/mol. The van der Waals surface area contributed by atoms with Crippen LogP contribution in [-0.4, -0.2) is 75.4 Å². The third kappa shape index (κ3) is 4.64. The number of aromatic nitrogens is 3. The second-order valence-corrected chi connectivity index (χ2v) is 12.4. The number of aromatic hydroxyl groups is 1. The molecule has 0 radical (unpaired) electrons. The summed E-state index contributed by atoms with van der Waals surface area (Å²) in [5, 5.41) is 24.3. The summed E-state index contributed by atoms with van der Waals surface area (Å²) in [5.41, 5.74) is 18.1. The summed E-state index contributed by atoms with van der Waals surface area (Å²) in [6.45, 7) is 5.26. The minimum atomic E-state index is -0.374. The van der Waals surface area contributed by atoms with Gasteiger partial charge in [-0.25, -0.2) is 9.97 Å². The summed E-state index contributed by atoms with van der Waals surface area (Å²) in [7, 11) is 0.